The fraction of sp³-hybridized carbons (Fsp3) is 0.429. The van der Waals surface area contributed by atoms with Crippen LogP contribution in [-0.2, 0) is 0 Å². The maximum absolute atomic E-state index is 11.7. The molecule has 5 heteroatoms. The topological polar surface area (TPSA) is 44.7 Å². The summed E-state index contributed by atoms with van der Waals surface area (Å²) in [4.78, 5) is 18.0. The van der Waals surface area contributed by atoms with Crippen LogP contribution in [0.2, 0.25) is 0 Å². The second-order valence-corrected chi connectivity index (χ2v) is 4.82. The van der Waals surface area contributed by atoms with Crippen LogP contribution in [0.3, 0.4) is 0 Å². The normalized spacial score (nSPS) is 19.1. The van der Waals surface area contributed by atoms with Crippen molar-refractivity contribution in [1.29, 1.82) is 0 Å². The number of nitrogens with zero attached hydrogens (tertiary/aromatic N) is 2. The van der Waals surface area contributed by atoms with Gasteiger partial charge in [0.1, 0.15) is 6.17 Å². The van der Waals surface area contributed by atoms with Crippen molar-refractivity contribution in [2.75, 3.05) is 19.0 Å². The minimum absolute atomic E-state index is 0.0372. The monoisotopic (exact) mass is 279 g/mol. The molecule has 0 spiro atoms. The lowest BCUT2D eigenvalue weighted by Crippen LogP contribution is -2.34. The molecular weight excluding hydrogens is 262 g/mol. The molecule has 0 aliphatic carbocycles. The summed E-state index contributed by atoms with van der Waals surface area (Å²) in [6, 6.07) is 9.85. The number of nitrogens with one attached hydrogen (secondary N) is 1. The average molecular weight is 280 g/mol. The predicted octanol–water partition coefficient (Wildman–Crippen LogP) is 2.48. The van der Waals surface area contributed by atoms with Crippen LogP contribution in [0.15, 0.2) is 35.3 Å². The molecule has 1 heterocycles. The molecule has 2 rings (SSSR count). The standard InChI is InChI=1S/C14H18ClN3O/c15-8-4-5-9-18-13(11-17-14(18)19)16-10-12-6-2-1-3-7-12/h1-3,6-7,10,13H,4-5,8-9,11H2,(H,17,19). The van der Waals surface area contributed by atoms with Gasteiger partial charge in [-0.15, -0.1) is 11.6 Å². The van der Waals surface area contributed by atoms with Crippen molar-refractivity contribution in [2.24, 2.45) is 4.99 Å². The van der Waals surface area contributed by atoms with Crippen molar-refractivity contribution in [3.05, 3.63) is 35.9 Å². The first-order valence-corrected chi connectivity index (χ1v) is 7.03. The molecule has 19 heavy (non-hydrogen) atoms. The summed E-state index contributed by atoms with van der Waals surface area (Å²) in [5, 5.41) is 2.82. The van der Waals surface area contributed by atoms with E-state index in [1.165, 1.54) is 0 Å². The van der Waals surface area contributed by atoms with E-state index in [-0.39, 0.29) is 12.2 Å². The van der Waals surface area contributed by atoms with Crippen molar-refractivity contribution in [2.45, 2.75) is 19.0 Å². The number of carbonyl (C=O) groups is 1. The highest BCUT2D eigenvalue weighted by Gasteiger charge is 2.28. The predicted molar refractivity (Wildman–Crippen MR) is 77.9 cm³/mol. The number of hydrogen-bond donors (Lipinski definition) is 1. The Morgan fingerprint density at radius 2 is 2.16 bits per heavy atom. The number of benzene rings is 1. The van der Waals surface area contributed by atoms with Gasteiger partial charge in [0.2, 0.25) is 0 Å². The van der Waals surface area contributed by atoms with Gasteiger partial charge >= 0.3 is 6.03 Å². The van der Waals surface area contributed by atoms with E-state index in [4.69, 9.17) is 11.6 Å². The van der Waals surface area contributed by atoms with E-state index < -0.39 is 0 Å². The van der Waals surface area contributed by atoms with Crippen LogP contribution in [-0.4, -0.2) is 42.3 Å². The highest BCUT2D eigenvalue weighted by molar-refractivity contribution is 6.17. The molecule has 1 saturated heterocycles. The van der Waals surface area contributed by atoms with E-state index in [0.29, 0.717) is 19.0 Å². The summed E-state index contributed by atoms with van der Waals surface area (Å²) >= 11 is 5.65. The van der Waals surface area contributed by atoms with Gasteiger partial charge in [-0.3, -0.25) is 4.99 Å². The summed E-state index contributed by atoms with van der Waals surface area (Å²) in [5.41, 5.74) is 1.04. The van der Waals surface area contributed by atoms with Crippen molar-refractivity contribution in [3.8, 4) is 0 Å². The van der Waals surface area contributed by atoms with Gasteiger partial charge in [-0.25, -0.2) is 4.79 Å². The number of rotatable bonds is 6. The maximum Gasteiger partial charge on any atom is 0.319 e. The first kappa shape index (κ1) is 13.9. The number of carbonyl (C=O) groups excluding carboxylic acids is 1. The fourth-order valence-corrected chi connectivity index (χ4v) is 2.19. The van der Waals surface area contributed by atoms with E-state index in [0.717, 1.165) is 18.4 Å². The van der Waals surface area contributed by atoms with Gasteiger partial charge in [-0.05, 0) is 18.4 Å². The van der Waals surface area contributed by atoms with Crippen LogP contribution in [0.1, 0.15) is 18.4 Å². The molecule has 1 unspecified atom stereocenters. The SMILES string of the molecule is O=C1NCC(N=Cc2ccccc2)N1CCCCCl. The van der Waals surface area contributed by atoms with E-state index in [2.05, 4.69) is 10.3 Å². The molecule has 0 radical (unpaired) electrons. The van der Waals surface area contributed by atoms with Crippen molar-refractivity contribution in [1.82, 2.24) is 10.2 Å². The number of hydrogen-bond acceptors (Lipinski definition) is 2. The van der Waals surface area contributed by atoms with Crippen LogP contribution >= 0.6 is 11.6 Å². The largest absolute Gasteiger partial charge is 0.334 e. The number of amides is 2. The number of unbranched alkanes of at least 4 members (excludes halogenated alkanes) is 1. The zero-order valence-electron chi connectivity index (χ0n) is 10.8. The molecule has 1 fully saturated rings. The molecule has 102 valence electrons. The minimum Gasteiger partial charge on any atom is -0.334 e. The first-order chi connectivity index (χ1) is 9.31. The van der Waals surface area contributed by atoms with Crippen molar-refractivity contribution in [3.63, 3.8) is 0 Å². The molecule has 0 aromatic heterocycles. The van der Waals surface area contributed by atoms with Gasteiger partial charge in [0.05, 0.1) is 6.54 Å². The number of alkyl halides is 1. The highest BCUT2D eigenvalue weighted by Crippen LogP contribution is 2.10. The molecular formula is C14H18ClN3O. The maximum atomic E-state index is 11.7. The lowest BCUT2D eigenvalue weighted by molar-refractivity contribution is 0.204. The Bertz CT molecular complexity index is 436. The molecule has 1 aromatic rings. The number of aliphatic imine (C=N–C) groups is 1. The third kappa shape index (κ3) is 3.96. The second-order valence-electron chi connectivity index (χ2n) is 4.45. The van der Waals surface area contributed by atoms with E-state index in [9.17, 15) is 4.79 Å². The summed E-state index contributed by atoms with van der Waals surface area (Å²) in [6.45, 7) is 1.28. The Kier molecular flexibility index (Phi) is 5.21. The van der Waals surface area contributed by atoms with Crippen LogP contribution in [0, 0.1) is 0 Å². The van der Waals surface area contributed by atoms with Crippen LogP contribution < -0.4 is 5.32 Å². The third-order valence-electron chi connectivity index (χ3n) is 3.03. The lowest BCUT2D eigenvalue weighted by atomic mass is 10.2. The molecule has 1 aliphatic heterocycles. The van der Waals surface area contributed by atoms with Gasteiger partial charge in [-0.1, -0.05) is 30.3 Å². The number of urea groups is 1. The molecule has 1 aliphatic rings. The molecule has 0 saturated carbocycles. The Morgan fingerprint density at radius 3 is 2.89 bits per heavy atom. The summed E-state index contributed by atoms with van der Waals surface area (Å²) in [7, 11) is 0. The fourth-order valence-electron chi connectivity index (χ4n) is 2.00. The molecule has 1 atom stereocenters. The van der Waals surface area contributed by atoms with Crippen LogP contribution in [0.25, 0.3) is 0 Å². The molecule has 0 bridgehead atoms. The van der Waals surface area contributed by atoms with Gasteiger partial charge in [-0.2, -0.15) is 0 Å². The summed E-state index contributed by atoms with van der Waals surface area (Å²) < 4.78 is 0. The van der Waals surface area contributed by atoms with E-state index in [1.807, 2.05) is 36.5 Å². The van der Waals surface area contributed by atoms with Crippen molar-refractivity contribution < 1.29 is 4.79 Å². The Morgan fingerprint density at radius 1 is 1.37 bits per heavy atom. The lowest BCUT2D eigenvalue weighted by Gasteiger charge is -2.19. The minimum atomic E-state index is -0.108. The van der Waals surface area contributed by atoms with Crippen LogP contribution in [0.4, 0.5) is 4.79 Å². The second kappa shape index (κ2) is 7.14. The number of halogens is 1. The zero-order valence-corrected chi connectivity index (χ0v) is 11.5. The summed E-state index contributed by atoms with van der Waals surface area (Å²) in [5.74, 6) is 0.632. The van der Waals surface area contributed by atoms with Gasteiger partial charge < -0.3 is 10.2 Å². The van der Waals surface area contributed by atoms with Gasteiger partial charge in [0.15, 0.2) is 0 Å². The molecule has 1 aromatic carbocycles. The third-order valence-corrected chi connectivity index (χ3v) is 3.30. The molecule has 1 N–H and O–H groups in total. The zero-order chi connectivity index (χ0) is 13.5. The summed E-state index contributed by atoms with van der Waals surface area (Å²) in [6.07, 6.45) is 3.54. The Labute approximate surface area is 118 Å². The quantitative estimate of drug-likeness (QED) is 0.485. The van der Waals surface area contributed by atoms with Crippen molar-refractivity contribution >= 4 is 23.8 Å². The first-order valence-electron chi connectivity index (χ1n) is 6.50. The molecule has 4 nitrogen and oxygen atoms in total. The Balaban J connectivity index is 1.94. The average Bonchev–Trinajstić information content (AvgIpc) is 2.79. The molecule has 2 amide bonds. The van der Waals surface area contributed by atoms with E-state index in [1.54, 1.807) is 4.90 Å². The smallest absolute Gasteiger partial charge is 0.319 e. The Hall–Kier alpha value is -1.55. The van der Waals surface area contributed by atoms with Gasteiger partial charge in [0, 0.05) is 18.6 Å². The highest BCUT2D eigenvalue weighted by atomic mass is 35.5. The van der Waals surface area contributed by atoms with Crippen LogP contribution in [0.5, 0.6) is 0 Å². The van der Waals surface area contributed by atoms with E-state index >= 15 is 0 Å². The van der Waals surface area contributed by atoms with Gasteiger partial charge in [0.25, 0.3) is 0 Å².